The summed E-state index contributed by atoms with van der Waals surface area (Å²) >= 11 is 0. The molecule has 1 heterocycles. The summed E-state index contributed by atoms with van der Waals surface area (Å²) in [5.74, 6) is -0.192. The maximum atomic E-state index is 13.0. The number of hydroxylamine groups is 2. The van der Waals surface area contributed by atoms with Crippen molar-refractivity contribution in [1.29, 1.82) is 0 Å². The Kier molecular flexibility index (Phi) is 4.61. The quantitative estimate of drug-likeness (QED) is 0.774. The number of carbonyl (C=O) groups is 1. The predicted octanol–water partition coefficient (Wildman–Crippen LogP) is 3.76. The van der Waals surface area contributed by atoms with E-state index in [-0.39, 0.29) is 0 Å². The minimum Gasteiger partial charge on any atom is -0.436 e. The third-order valence-corrected chi connectivity index (χ3v) is 3.78. The van der Waals surface area contributed by atoms with Crippen molar-refractivity contribution >= 4 is 5.97 Å². The van der Waals surface area contributed by atoms with E-state index in [1.165, 1.54) is 24.3 Å². The molecule has 0 bridgehead atoms. The van der Waals surface area contributed by atoms with Crippen molar-refractivity contribution in [2.45, 2.75) is 19.6 Å². The van der Waals surface area contributed by atoms with Crippen LogP contribution in [0.2, 0.25) is 0 Å². The van der Waals surface area contributed by atoms with Crippen LogP contribution in [0, 0.1) is 5.82 Å². The van der Waals surface area contributed by atoms with Gasteiger partial charge in [-0.3, -0.25) is 0 Å². The zero-order chi connectivity index (χ0) is 17.9. The minimum absolute atomic E-state index is 0.301. The van der Waals surface area contributed by atoms with Gasteiger partial charge in [0.25, 0.3) is 0 Å². The zero-order valence-electron chi connectivity index (χ0n) is 14.1. The Hall–Kier alpha value is -3.02. The Balaban J connectivity index is 1.60. The molecule has 1 aliphatic heterocycles. The summed E-state index contributed by atoms with van der Waals surface area (Å²) in [6, 6.07) is 14.7. The molecule has 0 unspecified atom stereocenters. The lowest BCUT2D eigenvalue weighted by Gasteiger charge is -2.35. The molecule has 130 valence electrons. The van der Waals surface area contributed by atoms with Crippen molar-refractivity contribution in [3.63, 3.8) is 0 Å². The van der Waals surface area contributed by atoms with Crippen molar-refractivity contribution in [2.75, 3.05) is 6.67 Å². The van der Waals surface area contributed by atoms with Gasteiger partial charge in [-0.05, 0) is 50.2 Å². The average Bonchev–Trinajstić information content (AvgIpc) is 3.05. The molecular formula is C19H19FN2O3. The Labute approximate surface area is 145 Å². The van der Waals surface area contributed by atoms with E-state index in [9.17, 15) is 9.18 Å². The first-order valence-corrected chi connectivity index (χ1v) is 7.88. The van der Waals surface area contributed by atoms with Crippen molar-refractivity contribution in [2.24, 2.45) is 0 Å². The third kappa shape index (κ3) is 4.09. The summed E-state index contributed by atoms with van der Waals surface area (Å²) < 4.78 is 18.5. The van der Waals surface area contributed by atoms with Crippen molar-refractivity contribution in [3.8, 4) is 5.75 Å². The van der Waals surface area contributed by atoms with Gasteiger partial charge in [0.2, 0.25) is 0 Å². The summed E-state index contributed by atoms with van der Waals surface area (Å²) in [5, 5.41) is 1.64. The number of nitrogens with zero attached hydrogens (tertiary/aromatic N) is 2. The van der Waals surface area contributed by atoms with Gasteiger partial charge in [-0.1, -0.05) is 18.2 Å². The fraction of sp³-hybridized carbons (Fsp3) is 0.211. The normalized spacial score (nSPS) is 13.9. The first-order chi connectivity index (χ1) is 11.9. The molecule has 0 atom stereocenters. The lowest BCUT2D eigenvalue weighted by atomic mass is 10.2. The monoisotopic (exact) mass is 342 g/mol. The molecule has 0 saturated heterocycles. The first-order valence-electron chi connectivity index (χ1n) is 7.88. The number of hydrogen-bond donors (Lipinski definition) is 0. The van der Waals surface area contributed by atoms with E-state index < -0.39 is 17.5 Å². The molecule has 25 heavy (non-hydrogen) atoms. The topological polar surface area (TPSA) is 42.0 Å². The molecule has 0 N–H and O–H groups in total. The van der Waals surface area contributed by atoms with Gasteiger partial charge < -0.3 is 14.5 Å². The number of benzene rings is 2. The highest BCUT2D eigenvalue weighted by atomic mass is 19.1. The first kappa shape index (κ1) is 16.8. The summed E-state index contributed by atoms with van der Waals surface area (Å²) in [6.07, 6.45) is 3.56. The molecule has 0 aliphatic carbocycles. The molecule has 2 aromatic carbocycles. The van der Waals surface area contributed by atoms with Crippen LogP contribution in [0.4, 0.5) is 4.39 Å². The third-order valence-electron chi connectivity index (χ3n) is 3.78. The van der Waals surface area contributed by atoms with Crippen LogP contribution < -0.4 is 4.84 Å². The number of para-hydroxylation sites is 1. The van der Waals surface area contributed by atoms with Gasteiger partial charge in [-0.15, -0.1) is 0 Å². The second-order valence-electron chi connectivity index (χ2n) is 6.07. The molecule has 5 nitrogen and oxygen atoms in total. The number of hydrogen-bond acceptors (Lipinski definition) is 5. The number of rotatable bonds is 5. The molecule has 3 rings (SSSR count). The summed E-state index contributed by atoms with van der Waals surface area (Å²) in [7, 11) is 0. The Bertz CT molecular complexity index is 760. The highest BCUT2D eigenvalue weighted by Crippen LogP contribution is 2.24. The van der Waals surface area contributed by atoms with E-state index in [0.717, 1.165) is 5.75 Å². The van der Waals surface area contributed by atoms with Gasteiger partial charge in [0, 0.05) is 6.20 Å². The molecule has 0 amide bonds. The van der Waals surface area contributed by atoms with Crippen LogP contribution in [0.25, 0.3) is 0 Å². The van der Waals surface area contributed by atoms with Crippen LogP contribution in [-0.2, 0) is 4.74 Å². The summed E-state index contributed by atoms with van der Waals surface area (Å²) in [5.41, 5.74) is -0.591. The summed E-state index contributed by atoms with van der Waals surface area (Å²) in [6.45, 7) is 3.97. The predicted molar refractivity (Wildman–Crippen MR) is 90.6 cm³/mol. The second-order valence-corrected chi connectivity index (χ2v) is 6.07. The Morgan fingerprint density at radius 2 is 1.72 bits per heavy atom. The van der Waals surface area contributed by atoms with Gasteiger partial charge in [0.15, 0.2) is 11.5 Å². The van der Waals surface area contributed by atoms with Gasteiger partial charge in [0.1, 0.15) is 12.5 Å². The fourth-order valence-corrected chi connectivity index (χ4v) is 2.36. The molecule has 0 spiro atoms. The van der Waals surface area contributed by atoms with Crippen LogP contribution >= 0.6 is 0 Å². The number of halogens is 1. The number of esters is 1. The standard InChI is InChI=1S/C19H19FN2O3/c1-19(2,24-18(23)15-8-10-16(20)11-9-15)21-12-13-22(14-21)25-17-6-4-3-5-7-17/h3-13H,14H2,1-2H3. The maximum absolute atomic E-state index is 13.0. The van der Waals surface area contributed by atoms with Crippen molar-refractivity contribution < 1.29 is 18.8 Å². The van der Waals surface area contributed by atoms with E-state index >= 15 is 0 Å². The van der Waals surface area contributed by atoms with Gasteiger partial charge in [0.05, 0.1) is 11.8 Å². The Morgan fingerprint density at radius 3 is 2.40 bits per heavy atom. The minimum atomic E-state index is -0.892. The largest absolute Gasteiger partial charge is 0.436 e. The highest BCUT2D eigenvalue weighted by Gasteiger charge is 2.33. The average molecular weight is 342 g/mol. The van der Waals surface area contributed by atoms with Crippen LogP contribution in [0.15, 0.2) is 67.0 Å². The molecule has 6 heteroatoms. The lowest BCUT2D eigenvalue weighted by Crippen LogP contribution is -2.45. The molecule has 0 saturated carbocycles. The van der Waals surface area contributed by atoms with E-state index in [0.29, 0.717) is 12.2 Å². The van der Waals surface area contributed by atoms with E-state index in [1.54, 1.807) is 31.3 Å². The smallest absolute Gasteiger partial charge is 0.340 e. The van der Waals surface area contributed by atoms with Crippen LogP contribution in [-0.4, -0.2) is 28.3 Å². The SMILES string of the molecule is CC(C)(OC(=O)c1ccc(F)cc1)N1C=CN(Oc2ccccc2)C1. The highest BCUT2D eigenvalue weighted by molar-refractivity contribution is 5.89. The molecule has 0 radical (unpaired) electrons. The van der Waals surface area contributed by atoms with E-state index in [2.05, 4.69) is 0 Å². The van der Waals surface area contributed by atoms with Crippen molar-refractivity contribution in [1.82, 2.24) is 9.96 Å². The molecular weight excluding hydrogens is 323 g/mol. The van der Waals surface area contributed by atoms with Crippen molar-refractivity contribution in [3.05, 3.63) is 78.4 Å². The molecule has 0 fully saturated rings. The van der Waals surface area contributed by atoms with Crippen LogP contribution in [0.1, 0.15) is 24.2 Å². The van der Waals surface area contributed by atoms with Gasteiger partial charge in [-0.25, -0.2) is 9.18 Å². The number of ether oxygens (including phenoxy) is 1. The second kappa shape index (κ2) is 6.84. The lowest BCUT2D eigenvalue weighted by molar-refractivity contribution is -0.109. The van der Waals surface area contributed by atoms with Crippen LogP contribution in [0.5, 0.6) is 5.75 Å². The zero-order valence-corrected chi connectivity index (χ0v) is 14.1. The number of carbonyl (C=O) groups excluding carboxylic acids is 1. The maximum Gasteiger partial charge on any atom is 0.340 e. The molecule has 2 aromatic rings. The van der Waals surface area contributed by atoms with E-state index in [4.69, 9.17) is 9.57 Å². The van der Waals surface area contributed by atoms with Gasteiger partial charge in [-0.2, -0.15) is 5.06 Å². The van der Waals surface area contributed by atoms with E-state index in [1.807, 2.05) is 35.2 Å². The van der Waals surface area contributed by atoms with Gasteiger partial charge >= 0.3 is 5.97 Å². The van der Waals surface area contributed by atoms with Crippen LogP contribution in [0.3, 0.4) is 0 Å². The Morgan fingerprint density at radius 1 is 1.04 bits per heavy atom. The molecule has 1 aliphatic rings. The summed E-state index contributed by atoms with van der Waals surface area (Å²) in [4.78, 5) is 19.8. The fourth-order valence-electron chi connectivity index (χ4n) is 2.36. The molecule has 0 aromatic heterocycles.